The van der Waals surface area contributed by atoms with E-state index in [2.05, 4.69) is 16.9 Å². The predicted octanol–water partition coefficient (Wildman–Crippen LogP) is 3.62. The van der Waals surface area contributed by atoms with E-state index < -0.39 is 0 Å². The van der Waals surface area contributed by atoms with Gasteiger partial charge in [-0.3, -0.25) is 0 Å². The number of hydrogen-bond donors (Lipinski definition) is 1. The Hall–Kier alpha value is -0.830. The number of hydrogen-bond acceptors (Lipinski definition) is 3. The Kier molecular flexibility index (Phi) is 6.16. The van der Waals surface area contributed by atoms with E-state index in [-0.39, 0.29) is 5.95 Å². The second-order valence-corrected chi connectivity index (χ2v) is 4.45. The summed E-state index contributed by atoms with van der Waals surface area (Å²) in [6.45, 7) is 2.23. The molecule has 3 nitrogen and oxygen atoms in total. The fourth-order valence-electron chi connectivity index (χ4n) is 1.70. The van der Waals surface area contributed by atoms with Crippen LogP contribution >= 0.6 is 11.6 Å². The molecule has 0 aliphatic rings. The van der Waals surface area contributed by atoms with Crippen LogP contribution in [0.5, 0.6) is 0 Å². The number of nitrogens with zero attached hydrogens (tertiary/aromatic N) is 2. The molecule has 1 aromatic heterocycles. The number of aromatic nitrogens is 2. The first-order valence-electron chi connectivity index (χ1n) is 6.01. The van der Waals surface area contributed by atoms with Crippen molar-refractivity contribution in [2.75, 3.05) is 5.73 Å². The van der Waals surface area contributed by atoms with Gasteiger partial charge in [0.05, 0.1) is 0 Å². The van der Waals surface area contributed by atoms with Crippen LogP contribution < -0.4 is 5.73 Å². The highest BCUT2D eigenvalue weighted by molar-refractivity contribution is 6.29. The van der Waals surface area contributed by atoms with Crippen LogP contribution in [0.3, 0.4) is 0 Å². The van der Waals surface area contributed by atoms with E-state index in [0.29, 0.717) is 5.15 Å². The minimum atomic E-state index is 0.272. The second kappa shape index (κ2) is 7.44. The number of rotatable bonds is 7. The van der Waals surface area contributed by atoms with Gasteiger partial charge in [-0.1, -0.05) is 50.6 Å². The Morgan fingerprint density at radius 3 is 2.50 bits per heavy atom. The van der Waals surface area contributed by atoms with E-state index in [0.717, 1.165) is 18.5 Å². The molecule has 0 saturated carbocycles. The fourth-order valence-corrected chi connectivity index (χ4v) is 1.91. The largest absolute Gasteiger partial charge is 0.368 e. The number of nitrogen functional groups attached to an aromatic ring is 1. The van der Waals surface area contributed by atoms with Gasteiger partial charge in [-0.25, -0.2) is 9.97 Å². The monoisotopic (exact) mass is 241 g/mol. The molecule has 2 N–H and O–H groups in total. The first-order chi connectivity index (χ1) is 7.72. The van der Waals surface area contributed by atoms with Gasteiger partial charge in [0.15, 0.2) is 0 Å². The zero-order chi connectivity index (χ0) is 11.8. The van der Waals surface area contributed by atoms with E-state index in [1.807, 2.05) is 0 Å². The molecule has 0 aliphatic carbocycles. The summed E-state index contributed by atoms with van der Waals surface area (Å²) in [5.74, 6) is 0.272. The van der Waals surface area contributed by atoms with Crippen LogP contribution in [0.15, 0.2) is 6.07 Å². The maximum atomic E-state index is 5.80. The van der Waals surface area contributed by atoms with Crippen molar-refractivity contribution in [3.05, 3.63) is 16.9 Å². The Morgan fingerprint density at radius 2 is 1.81 bits per heavy atom. The van der Waals surface area contributed by atoms with Gasteiger partial charge in [-0.2, -0.15) is 0 Å². The Morgan fingerprint density at radius 1 is 1.12 bits per heavy atom. The summed E-state index contributed by atoms with van der Waals surface area (Å²) in [4.78, 5) is 7.99. The van der Waals surface area contributed by atoms with Crippen LogP contribution in [0, 0.1) is 0 Å². The third-order valence-corrected chi connectivity index (χ3v) is 2.75. The molecule has 0 atom stereocenters. The standard InChI is InChI=1S/C12H20ClN3/c1-2-3-4-5-6-7-8-10-9-11(13)16-12(14)15-10/h9H,2-8H2,1H3,(H2,14,15,16). The SMILES string of the molecule is CCCCCCCCc1cc(Cl)nc(N)n1. The summed E-state index contributed by atoms with van der Waals surface area (Å²) in [6.07, 6.45) is 8.62. The zero-order valence-corrected chi connectivity index (χ0v) is 10.6. The molecule has 0 amide bonds. The van der Waals surface area contributed by atoms with Crippen molar-refractivity contribution in [2.45, 2.75) is 51.9 Å². The molecule has 0 saturated heterocycles. The van der Waals surface area contributed by atoms with Crippen LogP contribution in [0.1, 0.15) is 51.1 Å². The van der Waals surface area contributed by atoms with Gasteiger partial charge < -0.3 is 5.73 Å². The summed E-state index contributed by atoms with van der Waals surface area (Å²) >= 11 is 5.80. The maximum absolute atomic E-state index is 5.80. The highest BCUT2D eigenvalue weighted by atomic mass is 35.5. The van der Waals surface area contributed by atoms with Crippen LogP contribution in [-0.2, 0) is 6.42 Å². The van der Waals surface area contributed by atoms with Crippen LogP contribution in [0.2, 0.25) is 5.15 Å². The van der Waals surface area contributed by atoms with E-state index in [9.17, 15) is 0 Å². The lowest BCUT2D eigenvalue weighted by atomic mass is 10.1. The van der Waals surface area contributed by atoms with Gasteiger partial charge in [0.2, 0.25) is 5.95 Å². The summed E-state index contributed by atoms with van der Waals surface area (Å²) in [5, 5.41) is 0.438. The second-order valence-electron chi connectivity index (χ2n) is 4.06. The van der Waals surface area contributed by atoms with Crippen molar-refractivity contribution in [3.8, 4) is 0 Å². The van der Waals surface area contributed by atoms with Crippen molar-refractivity contribution in [3.63, 3.8) is 0 Å². The lowest BCUT2D eigenvalue weighted by Gasteiger charge is -2.02. The van der Waals surface area contributed by atoms with Crippen LogP contribution in [-0.4, -0.2) is 9.97 Å². The summed E-state index contributed by atoms with van der Waals surface area (Å²) < 4.78 is 0. The molecule has 0 unspecified atom stereocenters. The molecule has 16 heavy (non-hydrogen) atoms. The van der Waals surface area contributed by atoms with Crippen molar-refractivity contribution in [1.82, 2.24) is 9.97 Å². The first-order valence-corrected chi connectivity index (χ1v) is 6.39. The van der Waals surface area contributed by atoms with E-state index in [1.54, 1.807) is 6.07 Å². The average Bonchev–Trinajstić information content (AvgIpc) is 2.22. The molecule has 1 aromatic rings. The molecule has 0 spiro atoms. The topological polar surface area (TPSA) is 51.8 Å². The predicted molar refractivity (Wildman–Crippen MR) is 68.5 cm³/mol. The van der Waals surface area contributed by atoms with Gasteiger partial charge in [0.1, 0.15) is 5.15 Å². The first kappa shape index (κ1) is 13.2. The summed E-state index contributed by atoms with van der Waals surface area (Å²) in [7, 11) is 0. The van der Waals surface area contributed by atoms with E-state index >= 15 is 0 Å². The summed E-state index contributed by atoms with van der Waals surface area (Å²) in [5.41, 5.74) is 6.47. The number of halogens is 1. The maximum Gasteiger partial charge on any atom is 0.221 e. The van der Waals surface area contributed by atoms with Gasteiger partial charge in [0, 0.05) is 5.69 Å². The molecule has 1 rings (SSSR count). The van der Waals surface area contributed by atoms with E-state index in [1.165, 1.54) is 32.1 Å². The normalized spacial score (nSPS) is 10.6. The molecule has 0 radical (unpaired) electrons. The van der Waals surface area contributed by atoms with E-state index in [4.69, 9.17) is 17.3 Å². The van der Waals surface area contributed by atoms with Gasteiger partial charge in [-0.05, 0) is 18.9 Å². The van der Waals surface area contributed by atoms with Crippen molar-refractivity contribution in [1.29, 1.82) is 0 Å². The molecule has 1 heterocycles. The third kappa shape index (κ3) is 5.31. The molecule has 0 aromatic carbocycles. The fraction of sp³-hybridized carbons (Fsp3) is 0.667. The van der Waals surface area contributed by atoms with Gasteiger partial charge in [-0.15, -0.1) is 0 Å². The molecule has 4 heteroatoms. The Balaban J connectivity index is 2.21. The molecular weight excluding hydrogens is 222 g/mol. The van der Waals surface area contributed by atoms with Gasteiger partial charge in [0.25, 0.3) is 0 Å². The Labute approximate surface area is 102 Å². The number of anilines is 1. The lowest BCUT2D eigenvalue weighted by Crippen LogP contribution is -1.99. The van der Waals surface area contributed by atoms with Crippen LogP contribution in [0.25, 0.3) is 0 Å². The molecule has 0 fully saturated rings. The van der Waals surface area contributed by atoms with Crippen molar-refractivity contribution >= 4 is 17.5 Å². The Bertz CT molecular complexity index is 295. The smallest absolute Gasteiger partial charge is 0.221 e. The number of unbranched alkanes of at least 4 members (excludes halogenated alkanes) is 5. The third-order valence-electron chi connectivity index (χ3n) is 2.55. The average molecular weight is 242 g/mol. The highest BCUT2D eigenvalue weighted by Crippen LogP contribution is 2.12. The molecule has 0 bridgehead atoms. The quantitative estimate of drug-likeness (QED) is 0.586. The summed E-state index contributed by atoms with van der Waals surface area (Å²) in [6, 6.07) is 1.80. The van der Waals surface area contributed by atoms with Crippen LogP contribution in [0.4, 0.5) is 5.95 Å². The van der Waals surface area contributed by atoms with Crippen molar-refractivity contribution in [2.24, 2.45) is 0 Å². The number of aryl methyl sites for hydroxylation is 1. The lowest BCUT2D eigenvalue weighted by molar-refractivity contribution is 0.604. The minimum absolute atomic E-state index is 0.272. The minimum Gasteiger partial charge on any atom is -0.368 e. The highest BCUT2D eigenvalue weighted by Gasteiger charge is 2.00. The molecule has 0 aliphatic heterocycles. The van der Waals surface area contributed by atoms with Gasteiger partial charge >= 0.3 is 0 Å². The number of nitrogens with two attached hydrogens (primary N) is 1. The molecule has 90 valence electrons. The molecular formula is C12H20ClN3. The zero-order valence-electron chi connectivity index (χ0n) is 9.88. The van der Waals surface area contributed by atoms with Crippen molar-refractivity contribution < 1.29 is 0 Å².